The Morgan fingerprint density at radius 3 is 1.38 bits per heavy atom. The van der Waals surface area contributed by atoms with E-state index >= 15 is 0 Å². The Bertz CT molecular complexity index is 799. The third kappa shape index (κ3) is 7.74. The number of rotatable bonds is 13. The molecular formula is C16H25N3O8S2. The molecule has 0 amide bonds. The highest BCUT2D eigenvalue weighted by Crippen LogP contribution is 1.91. The highest BCUT2D eigenvalue weighted by Gasteiger charge is 2.16. The lowest BCUT2D eigenvalue weighted by Gasteiger charge is -2.14. The van der Waals surface area contributed by atoms with Crippen molar-refractivity contribution in [2.45, 2.75) is 32.5 Å². The van der Waals surface area contributed by atoms with Gasteiger partial charge < -0.3 is 14.2 Å². The molecule has 0 N–H and O–H groups in total. The first-order valence-corrected chi connectivity index (χ1v) is 10.1. The summed E-state index contributed by atoms with van der Waals surface area (Å²) >= 11 is 7.83. The van der Waals surface area contributed by atoms with Crippen LogP contribution in [0.3, 0.4) is 0 Å². The lowest BCUT2D eigenvalue weighted by atomic mass is 10.5. The molecule has 0 saturated heterocycles. The smallest absolute Gasteiger partial charge is 0.336 e. The molecule has 0 spiro atoms. The van der Waals surface area contributed by atoms with E-state index in [2.05, 4.69) is 25.3 Å². The van der Waals surface area contributed by atoms with Gasteiger partial charge in [-0.2, -0.15) is 25.3 Å². The maximum atomic E-state index is 12.6. The molecule has 0 atom stereocenters. The third-order valence-electron chi connectivity index (χ3n) is 3.69. The second kappa shape index (κ2) is 13.3. The molecule has 1 aromatic heterocycles. The van der Waals surface area contributed by atoms with Gasteiger partial charge in [-0.3, -0.25) is 9.59 Å². The van der Waals surface area contributed by atoms with Gasteiger partial charge in [0.2, 0.25) is 0 Å². The second-order valence-electron chi connectivity index (χ2n) is 5.68. The number of nitrogens with zero attached hydrogens (tertiary/aromatic N) is 3. The SMILES string of the molecule is COCCn1c(=O)n(CCOC(=O)CCS)c(=O)n(CCOC(=O)CCS)c1=O. The second-order valence-corrected chi connectivity index (χ2v) is 6.58. The van der Waals surface area contributed by atoms with Crippen LogP contribution < -0.4 is 17.1 Å². The van der Waals surface area contributed by atoms with Gasteiger partial charge in [0, 0.05) is 18.6 Å². The summed E-state index contributed by atoms with van der Waals surface area (Å²) in [5, 5.41) is 0. The van der Waals surface area contributed by atoms with Crippen molar-refractivity contribution >= 4 is 37.2 Å². The van der Waals surface area contributed by atoms with Crippen molar-refractivity contribution in [2.24, 2.45) is 0 Å². The van der Waals surface area contributed by atoms with Crippen LogP contribution in [0.4, 0.5) is 0 Å². The quantitative estimate of drug-likeness (QED) is 0.275. The summed E-state index contributed by atoms with van der Waals surface area (Å²) in [7, 11) is 1.40. The number of carbonyl (C=O) groups is 2. The van der Waals surface area contributed by atoms with E-state index in [0.29, 0.717) is 11.5 Å². The Balaban J connectivity index is 3.11. The highest BCUT2D eigenvalue weighted by molar-refractivity contribution is 7.80. The molecule has 11 nitrogen and oxygen atoms in total. The van der Waals surface area contributed by atoms with Crippen molar-refractivity contribution < 1.29 is 23.8 Å². The van der Waals surface area contributed by atoms with Crippen molar-refractivity contribution in [1.29, 1.82) is 0 Å². The average Bonchev–Trinajstić information content (AvgIpc) is 2.67. The average molecular weight is 452 g/mol. The van der Waals surface area contributed by atoms with E-state index in [1.54, 1.807) is 0 Å². The Morgan fingerprint density at radius 1 is 0.724 bits per heavy atom. The Labute approximate surface area is 177 Å². The van der Waals surface area contributed by atoms with E-state index in [0.717, 1.165) is 13.7 Å². The minimum absolute atomic E-state index is 0.0706. The molecular weight excluding hydrogens is 426 g/mol. The van der Waals surface area contributed by atoms with Gasteiger partial charge in [-0.05, 0) is 0 Å². The van der Waals surface area contributed by atoms with Crippen LogP contribution in [0.25, 0.3) is 0 Å². The first kappa shape index (κ1) is 25.0. The maximum Gasteiger partial charge on any atom is 0.336 e. The zero-order valence-electron chi connectivity index (χ0n) is 16.1. The van der Waals surface area contributed by atoms with Crippen LogP contribution in [0, 0.1) is 0 Å². The van der Waals surface area contributed by atoms with Gasteiger partial charge in [0.25, 0.3) is 0 Å². The molecule has 1 rings (SSSR count). The molecule has 0 saturated carbocycles. The zero-order valence-corrected chi connectivity index (χ0v) is 17.9. The fraction of sp³-hybridized carbons (Fsp3) is 0.688. The Morgan fingerprint density at radius 2 is 1.07 bits per heavy atom. The van der Waals surface area contributed by atoms with Crippen LogP contribution in [0.5, 0.6) is 0 Å². The molecule has 164 valence electrons. The van der Waals surface area contributed by atoms with Crippen LogP contribution in [-0.4, -0.2) is 64.1 Å². The lowest BCUT2D eigenvalue weighted by Crippen LogP contribution is -2.55. The Kier molecular flexibility index (Phi) is 11.5. The van der Waals surface area contributed by atoms with Gasteiger partial charge in [-0.1, -0.05) is 0 Å². The molecule has 0 unspecified atom stereocenters. The van der Waals surface area contributed by atoms with E-state index < -0.39 is 29.0 Å². The number of thiol groups is 2. The number of esters is 2. The van der Waals surface area contributed by atoms with Crippen molar-refractivity contribution in [3.63, 3.8) is 0 Å². The van der Waals surface area contributed by atoms with Crippen LogP contribution in [0.2, 0.25) is 0 Å². The molecule has 0 radical (unpaired) electrons. The molecule has 0 aliphatic rings. The van der Waals surface area contributed by atoms with Gasteiger partial charge in [-0.25, -0.2) is 28.1 Å². The van der Waals surface area contributed by atoms with Crippen molar-refractivity contribution in [2.75, 3.05) is 38.4 Å². The summed E-state index contributed by atoms with van der Waals surface area (Å²) in [5.41, 5.74) is -2.57. The zero-order chi connectivity index (χ0) is 21.8. The summed E-state index contributed by atoms with van der Waals surface area (Å²) in [6.07, 6.45) is 0.181. The summed E-state index contributed by atoms with van der Waals surface area (Å²) in [4.78, 5) is 60.6. The van der Waals surface area contributed by atoms with Crippen molar-refractivity contribution in [3.8, 4) is 0 Å². The first-order chi connectivity index (χ1) is 13.9. The van der Waals surface area contributed by atoms with Crippen LogP contribution in [0.1, 0.15) is 12.8 Å². The molecule has 0 aliphatic carbocycles. The monoisotopic (exact) mass is 451 g/mol. The fourth-order valence-corrected chi connectivity index (χ4v) is 2.63. The summed E-state index contributed by atoms with van der Waals surface area (Å²) < 4.78 is 17.2. The van der Waals surface area contributed by atoms with Crippen molar-refractivity contribution in [1.82, 2.24) is 13.7 Å². The van der Waals surface area contributed by atoms with Crippen LogP contribution in [0.15, 0.2) is 14.4 Å². The molecule has 0 fully saturated rings. The van der Waals surface area contributed by atoms with Gasteiger partial charge in [0.15, 0.2) is 0 Å². The van der Waals surface area contributed by atoms with Gasteiger partial charge in [-0.15, -0.1) is 0 Å². The van der Waals surface area contributed by atoms with E-state index in [-0.39, 0.29) is 52.3 Å². The molecule has 1 aromatic rings. The van der Waals surface area contributed by atoms with Crippen LogP contribution in [-0.2, 0) is 43.4 Å². The lowest BCUT2D eigenvalue weighted by molar-refractivity contribution is -0.144. The summed E-state index contributed by atoms with van der Waals surface area (Å²) in [6, 6.07) is 0. The third-order valence-corrected chi connectivity index (χ3v) is 4.14. The topological polar surface area (TPSA) is 128 Å². The van der Waals surface area contributed by atoms with E-state index in [1.165, 1.54) is 7.11 Å². The van der Waals surface area contributed by atoms with Crippen LogP contribution >= 0.6 is 25.3 Å². The predicted molar refractivity (Wildman–Crippen MR) is 110 cm³/mol. The van der Waals surface area contributed by atoms with Crippen molar-refractivity contribution in [3.05, 3.63) is 31.5 Å². The first-order valence-electron chi connectivity index (χ1n) is 8.83. The number of carbonyl (C=O) groups excluding carboxylic acids is 2. The minimum Gasteiger partial charge on any atom is -0.464 e. The van der Waals surface area contributed by atoms with Gasteiger partial charge in [0.05, 0.1) is 39.1 Å². The van der Waals surface area contributed by atoms with E-state index in [1.807, 2.05) is 0 Å². The molecule has 13 heteroatoms. The highest BCUT2D eigenvalue weighted by atomic mass is 32.1. The molecule has 0 bridgehead atoms. The molecule has 0 aliphatic heterocycles. The number of hydrogen-bond acceptors (Lipinski definition) is 10. The summed E-state index contributed by atoms with van der Waals surface area (Å²) in [6.45, 7) is -0.914. The normalized spacial score (nSPS) is 10.7. The maximum absolute atomic E-state index is 12.6. The molecule has 29 heavy (non-hydrogen) atoms. The Hall–Kier alpha value is -1.99. The summed E-state index contributed by atoms with van der Waals surface area (Å²) in [5.74, 6) is -0.423. The number of ether oxygens (including phenoxy) is 3. The van der Waals surface area contributed by atoms with E-state index in [4.69, 9.17) is 14.2 Å². The van der Waals surface area contributed by atoms with Gasteiger partial charge in [0.1, 0.15) is 13.2 Å². The predicted octanol–water partition coefficient (Wildman–Crippen LogP) is -1.46. The fourth-order valence-electron chi connectivity index (χ4n) is 2.27. The number of aromatic nitrogens is 3. The number of hydrogen-bond donors (Lipinski definition) is 2. The standard InChI is InChI=1S/C16H25N3O8S2/c1-25-7-4-17-14(22)18(5-8-26-12(20)2-10-28)16(24)19(15(17)23)6-9-27-13(21)3-11-29/h28-29H,2-11H2,1H3. The largest absolute Gasteiger partial charge is 0.464 e. The molecule has 1 heterocycles. The van der Waals surface area contributed by atoms with Gasteiger partial charge >= 0.3 is 29.0 Å². The number of methoxy groups -OCH3 is 1. The minimum atomic E-state index is -0.885. The molecule has 0 aromatic carbocycles. The van der Waals surface area contributed by atoms with E-state index in [9.17, 15) is 24.0 Å².